The number of hydrogen-bond acceptors (Lipinski definition) is 3. The van der Waals surface area contributed by atoms with Crippen LogP contribution in [0.3, 0.4) is 0 Å². The van der Waals surface area contributed by atoms with E-state index in [1.54, 1.807) is 12.1 Å². The molecule has 2 N–H and O–H groups in total. The molecule has 3 aromatic rings. The van der Waals surface area contributed by atoms with Crippen LogP contribution in [0.1, 0.15) is 36.9 Å². The molecule has 10 heteroatoms. The maximum Gasteiger partial charge on any atom is 0.433 e. The van der Waals surface area contributed by atoms with E-state index < -0.39 is 17.7 Å². The van der Waals surface area contributed by atoms with Crippen molar-refractivity contribution in [3.8, 4) is 0 Å². The van der Waals surface area contributed by atoms with Crippen LogP contribution in [0, 0.1) is 5.82 Å². The third-order valence-electron chi connectivity index (χ3n) is 5.80. The van der Waals surface area contributed by atoms with Gasteiger partial charge in [0.2, 0.25) is 5.91 Å². The molecule has 2 aromatic carbocycles. The predicted octanol–water partition coefficient (Wildman–Crippen LogP) is 6.78. The molecule has 0 spiro atoms. The first-order valence-electron chi connectivity index (χ1n) is 10.8. The number of fused-ring (bicyclic) bond motifs is 1. The molecule has 1 amide bonds. The van der Waals surface area contributed by atoms with Gasteiger partial charge in [-0.15, -0.1) is 0 Å². The van der Waals surface area contributed by atoms with Gasteiger partial charge in [-0.2, -0.15) is 13.2 Å². The van der Waals surface area contributed by atoms with Gasteiger partial charge in [-0.05, 0) is 73.7 Å². The number of carbonyl (C=O) groups excluding carboxylic acids is 1. The highest BCUT2D eigenvalue weighted by Gasteiger charge is 2.34. The minimum atomic E-state index is -4.57. The summed E-state index contributed by atoms with van der Waals surface area (Å²) >= 11 is 11.9. The summed E-state index contributed by atoms with van der Waals surface area (Å²) in [4.78, 5) is 16.1. The van der Waals surface area contributed by atoms with Gasteiger partial charge in [0.25, 0.3) is 0 Å². The second-order valence-electron chi connectivity index (χ2n) is 8.43. The van der Waals surface area contributed by atoms with Gasteiger partial charge in [-0.3, -0.25) is 4.79 Å². The van der Waals surface area contributed by atoms with Crippen LogP contribution < -0.4 is 10.6 Å². The van der Waals surface area contributed by atoms with Crippen molar-refractivity contribution in [2.24, 2.45) is 0 Å². The lowest BCUT2D eigenvalue weighted by Crippen LogP contribution is -2.40. The van der Waals surface area contributed by atoms with Crippen LogP contribution in [0.2, 0.25) is 10.0 Å². The average molecular weight is 514 g/mol. The Hall–Kier alpha value is -2.58. The molecule has 4 rings (SSSR count). The van der Waals surface area contributed by atoms with Crippen molar-refractivity contribution in [2.45, 2.75) is 50.4 Å². The molecule has 0 radical (unpaired) electrons. The fraction of sp³-hybridized carbons (Fsp3) is 0.333. The molecule has 34 heavy (non-hydrogen) atoms. The van der Waals surface area contributed by atoms with Crippen molar-refractivity contribution in [3.05, 3.63) is 69.6 Å². The van der Waals surface area contributed by atoms with Crippen molar-refractivity contribution < 1.29 is 22.4 Å². The molecule has 1 aromatic heterocycles. The highest BCUT2D eigenvalue weighted by Crippen LogP contribution is 2.35. The van der Waals surface area contributed by atoms with Gasteiger partial charge in [0.05, 0.1) is 11.9 Å². The minimum Gasteiger partial charge on any atom is -0.382 e. The van der Waals surface area contributed by atoms with Crippen molar-refractivity contribution in [1.29, 1.82) is 0 Å². The summed E-state index contributed by atoms with van der Waals surface area (Å²) in [5, 5.41) is 7.32. The first kappa shape index (κ1) is 24.5. The van der Waals surface area contributed by atoms with E-state index in [0.717, 1.165) is 6.07 Å². The van der Waals surface area contributed by atoms with Crippen LogP contribution in [0.15, 0.2) is 42.5 Å². The Balaban J connectivity index is 1.39. The zero-order chi connectivity index (χ0) is 24.5. The van der Waals surface area contributed by atoms with E-state index in [2.05, 4.69) is 15.6 Å². The van der Waals surface area contributed by atoms with Crippen LogP contribution in [0.5, 0.6) is 0 Å². The summed E-state index contributed by atoms with van der Waals surface area (Å²) in [5.41, 5.74) is 0.0557. The van der Waals surface area contributed by atoms with E-state index >= 15 is 0 Å². The van der Waals surface area contributed by atoms with Crippen molar-refractivity contribution in [1.82, 2.24) is 10.3 Å². The van der Waals surface area contributed by atoms with Gasteiger partial charge < -0.3 is 10.6 Å². The normalized spacial score (nSPS) is 18.6. The maximum atomic E-state index is 13.5. The number of rotatable bonds is 5. The van der Waals surface area contributed by atoms with Gasteiger partial charge in [-0.1, -0.05) is 23.2 Å². The van der Waals surface area contributed by atoms with Crippen molar-refractivity contribution in [2.75, 3.05) is 5.32 Å². The van der Waals surface area contributed by atoms with E-state index in [4.69, 9.17) is 23.2 Å². The van der Waals surface area contributed by atoms with Gasteiger partial charge in [0.15, 0.2) is 0 Å². The number of anilines is 1. The van der Waals surface area contributed by atoms with E-state index in [1.165, 1.54) is 24.3 Å². The van der Waals surface area contributed by atoms with E-state index in [0.29, 0.717) is 47.3 Å². The summed E-state index contributed by atoms with van der Waals surface area (Å²) in [6, 6.07) is 9.44. The number of halogens is 6. The number of pyridine rings is 1. The zero-order valence-corrected chi connectivity index (χ0v) is 19.4. The first-order chi connectivity index (χ1) is 16.1. The molecular weight excluding hydrogens is 493 g/mol. The largest absolute Gasteiger partial charge is 0.433 e. The second-order valence-corrected chi connectivity index (χ2v) is 9.30. The van der Waals surface area contributed by atoms with E-state index in [9.17, 15) is 22.4 Å². The third-order valence-corrected chi connectivity index (χ3v) is 6.25. The lowest BCUT2D eigenvalue weighted by molar-refractivity contribution is -0.140. The Bertz CT molecular complexity index is 1190. The second kappa shape index (κ2) is 9.96. The summed E-state index contributed by atoms with van der Waals surface area (Å²) in [5.74, 6) is -0.733. The quantitative estimate of drug-likeness (QED) is 0.369. The van der Waals surface area contributed by atoms with Gasteiger partial charge >= 0.3 is 6.18 Å². The number of carbonyl (C=O) groups is 1. The van der Waals surface area contributed by atoms with Crippen LogP contribution in [0.25, 0.3) is 10.9 Å². The van der Waals surface area contributed by atoms with Crippen molar-refractivity contribution in [3.63, 3.8) is 0 Å². The lowest BCUT2D eigenvalue weighted by Gasteiger charge is -2.31. The molecule has 0 aliphatic heterocycles. The lowest BCUT2D eigenvalue weighted by atomic mass is 9.90. The average Bonchev–Trinajstić information content (AvgIpc) is 2.73. The Morgan fingerprint density at radius 3 is 2.35 bits per heavy atom. The zero-order valence-electron chi connectivity index (χ0n) is 17.9. The number of nitrogens with zero attached hydrogens (tertiary/aromatic N) is 1. The number of aromatic nitrogens is 1. The molecule has 1 heterocycles. The summed E-state index contributed by atoms with van der Waals surface area (Å²) in [7, 11) is 0. The molecule has 0 unspecified atom stereocenters. The van der Waals surface area contributed by atoms with E-state index in [-0.39, 0.29) is 35.0 Å². The molecule has 1 aliphatic carbocycles. The topological polar surface area (TPSA) is 54.0 Å². The minimum absolute atomic E-state index is 0.0135. The predicted molar refractivity (Wildman–Crippen MR) is 125 cm³/mol. The molecule has 0 atom stereocenters. The molecular formula is C24H21Cl2F4N3O. The highest BCUT2D eigenvalue weighted by atomic mass is 35.5. The first-order valence-corrected chi connectivity index (χ1v) is 11.5. The highest BCUT2D eigenvalue weighted by molar-refractivity contribution is 6.31. The summed E-state index contributed by atoms with van der Waals surface area (Å²) < 4.78 is 53.5. The molecule has 180 valence electrons. The SMILES string of the molecule is O=C(Cc1cc(F)cc(Cl)c1)N[C@H]1CC[C@@H](Nc2cc(C(F)(F)F)nc3ccc(Cl)cc23)CC1. The molecule has 0 saturated heterocycles. The molecule has 1 saturated carbocycles. The number of hydrogen-bond donors (Lipinski definition) is 2. The van der Waals surface area contributed by atoms with Crippen LogP contribution in [-0.4, -0.2) is 23.0 Å². The smallest absolute Gasteiger partial charge is 0.382 e. The monoisotopic (exact) mass is 513 g/mol. The molecule has 1 aliphatic rings. The molecule has 4 nitrogen and oxygen atoms in total. The summed E-state index contributed by atoms with van der Waals surface area (Å²) in [6.07, 6.45) is -1.94. The number of amides is 1. The number of alkyl halides is 3. The van der Waals surface area contributed by atoms with Gasteiger partial charge in [0, 0.05) is 33.2 Å². The van der Waals surface area contributed by atoms with Gasteiger partial charge in [-0.25, -0.2) is 9.37 Å². The fourth-order valence-corrected chi connectivity index (χ4v) is 4.66. The Morgan fingerprint density at radius 1 is 0.971 bits per heavy atom. The Kier molecular flexibility index (Phi) is 7.19. The van der Waals surface area contributed by atoms with Gasteiger partial charge in [0.1, 0.15) is 11.5 Å². The van der Waals surface area contributed by atoms with Crippen molar-refractivity contribution >= 4 is 45.7 Å². The maximum absolute atomic E-state index is 13.5. The fourth-order valence-electron chi connectivity index (χ4n) is 4.24. The van der Waals surface area contributed by atoms with Crippen LogP contribution in [0.4, 0.5) is 23.2 Å². The number of nitrogens with one attached hydrogen (secondary N) is 2. The van der Waals surface area contributed by atoms with Crippen LogP contribution in [-0.2, 0) is 17.4 Å². The molecule has 1 fully saturated rings. The Morgan fingerprint density at radius 2 is 1.68 bits per heavy atom. The molecule has 0 bridgehead atoms. The third kappa shape index (κ3) is 6.10. The van der Waals surface area contributed by atoms with E-state index in [1.807, 2.05) is 0 Å². The number of benzene rings is 2. The standard InChI is InChI=1S/C24H21Cl2F4N3O/c25-14-1-6-20-19(11-14)21(12-22(33-20)24(28,29)30)31-17-2-4-18(5-3-17)32-23(34)9-13-7-15(26)10-16(27)8-13/h1,6-8,10-12,17-18H,2-5,9H2,(H,31,33)(H,32,34)/t17-,18+. The Labute approximate surface area is 203 Å². The van der Waals surface area contributed by atoms with Crippen LogP contribution >= 0.6 is 23.2 Å². The summed E-state index contributed by atoms with van der Waals surface area (Å²) in [6.45, 7) is 0.